The molecule has 1 unspecified atom stereocenters. The SMILES string of the molecule is CCOC(=O)C(Nc1ccc(C#N)cc1)c1cc(C)cc([N+](=O)[O-])c1. The van der Waals surface area contributed by atoms with Crippen LogP contribution in [0.5, 0.6) is 0 Å². The van der Waals surface area contributed by atoms with E-state index in [0.717, 1.165) is 0 Å². The molecule has 1 atom stereocenters. The van der Waals surface area contributed by atoms with Gasteiger partial charge in [0.15, 0.2) is 6.04 Å². The molecule has 2 rings (SSSR count). The van der Waals surface area contributed by atoms with Crippen molar-refractivity contribution in [3.05, 3.63) is 69.3 Å². The summed E-state index contributed by atoms with van der Waals surface area (Å²) in [5, 5.41) is 23.0. The van der Waals surface area contributed by atoms with Crippen molar-refractivity contribution in [2.24, 2.45) is 0 Å². The highest BCUT2D eigenvalue weighted by Crippen LogP contribution is 2.26. The van der Waals surface area contributed by atoms with E-state index in [4.69, 9.17) is 10.00 Å². The Labute approximate surface area is 145 Å². The van der Waals surface area contributed by atoms with Gasteiger partial charge < -0.3 is 10.1 Å². The van der Waals surface area contributed by atoms with Crippen molar-refractivity contribution in [1.82, 2.24) is 0 Å². The monoisotopic (exact) mass is 339 g/mol. The zero-order valence-corrected chi connectivity index (χ0v) is 13.9. The van der Waals surface area contributed by atoms with E-state index in [1.54, 1.807) is 44.2 Å². The van der Waals surface area contributed by atoms with Crippen molar-refractivity contribution in [1.29, 1.82) is 5.26 Å². The molecule has 2 aromatic carbocycles. The zero-order valence-electron chi connectivity index (χ0n) is 13.9. The van der Waals surface area contributed by atoms with Crippen molar-refractivity contribution in [2.75, 3.05) is 11.9 Å². The number of hydrogen-bond acceptors (Lipinski definition) is 6. The standard InChI is InChI=1S/C18H17N3O4/c1-3-25-18(22)17(20-15-6-4-13(11-19)5-7-15)14-8-12(2)9-16(10-14)21(23)24/h4-10,17,20H,3H2,1-2H3. The number of carbonyl (C=O) groups excluding carboxylic acids is 1. The van der Waals surface area contributed by atoms with Crippen molar-refractivity contribution in [2.45, 2.75) is 19.9 Å². The lowest BCUT2D eigenvalue weighted by Crippen LogP contribution is -2.23. The topological polar surface area (TPSA) is 105 Å². The Hall–Kier alpha value is -3.40. The molecule has 0 saturated heterocycles. The first-order valence-electron chi connectivity index (χ1n) is 7.64. The number of nitro benzene ring substituents is 1. The molecule has 0 aromatic heterocycles. The van der Waals surface area contributed by atoms with Gasteiger partial charge in [0, 0.05) is 17.8 Å². The molecule has 1 N–H and O–H groups in total. The molecule has 7 nitrogen and oxygen atoms in total. The van der Waals surface area contributed by atoms with Gasteiger partial charge in [-0.2, -0.15) is 5.26 Å². The number of nitrogens with one attached hydrogen (secondary N) is 1. The van der Waals surface area contributed by atoms with E-state index >= 15 is 0 Å². The third-order valence-electron chi connectivity index (χ3n) is 3.48. The number of nitrogens with zero attached hydrogens (tertiary/aromatic N) is 2. The summed E-state index contributed by atoms with van der Waals surface area (Å²) in [5.41, 5.74) is 2.10. The van der Waals surface area contributed by atoms with Crippen LogP contribution < -0.4 is 5.32 Å². The fourth-order valence-electron chi connectivity index (χ4n) is 2.38. The average molecular weight is 339 g/mol. The lowest BCUT2D eigenvalue weighted by Gasteiger charge is -2.19. The number of anilines is 1. The van der Waals surface area contributed by atoms with E-state index < -0.39 is 16.9 Å². The fourth-order valence-corrected chi connectivity index (χ4v) is 2.38. The lowest BCUT2D eigenvalue weighted by atomic mass is 10.0. The molecule has 0 aliphatic heterocycles. The maximum Gasteiger partial charge on any atom is 0.333 e. The van der Waals surface area contributed by atoms with Gasteiger partial charge in [-0.3, -0.25) is 10.1 Å². The van der Waals surface area contributed by atoms with Crippen LogP contribution in [0, 0.1) is 28.4 Å². The first-order valence-corrected chi connectivity index (χ1v) is 7.64. The number of nitriles is 1. The molecule has 0 heterocycles. The summed E-state index contributed by atoms with van der Waals surface area (Å²) < 4.78 is 5.09. The van der Waals surface area contributed by atoms with Crippen molar-refractivity contribution < 1.29 is 14.5 Å². The largest absolute Gasteiger partial charge is 0.464 e. The summed E-state index contributed by atoms with van der Waals surface area (Å²) in [6, 6.07) is 12.2. The Kier molecular flexibility index (Phi) is 5.69. The summed E-state index contributed by atoms with van der Waals surface area (Å²) >= 11 is 0. The highest BCUT2D eigenvalue weighted by atomic mass is 16.6. The molecular formula is C18H17N3O4. The summed E-state index contributed by atoms with van der Waals surface area (Å²) in [7, 11) is 0. The molecule has 7 heteroatoms. The van der Waals surface area contributed by atoms with Crippen LogP contribution in [0.25, 0.3) is 0 Å². The van der Waals surface area contributed by atoms with Gasteiger partial charge in [-0.05, 0) is 49.2 Å². The molecular weight excluding hydrogens is 322 g/mol. The van der Waals surface area contributed by atoms with Gasteiger partial charge in [0.2, 0.25) is 0 Å². The van der Waals surface area contributed by atoms with Crippen molar-refractivity contribution in [3.63, 3.8) is 0 Å². The van der Waals surface area contributed by atoms with Gasteiger partial charge in [0.05, 0.1) is 23.2 Å². The van der Waals surface area contributed by atoms with Gasteiger partial charge >= 0.3 is 5.97 Å². The molecule has 25 heavy (non-hydrogen) atoms. The Balaban J connectivity index is 2.40. The normalized spacial score (nSPS) is 11.2. The first kappa shape index (κ1) is 17.9. The van der Waals surface area contributed by atoms with Crippen LogP contribution in [0.15, 0.2) is 42.5 Å². The second-order valence-corrected chi connectivity index (χ2v) is 5.38. The number of nitro groups is 1. The molecule has 0 aliphatic rings. The van der Waals surface area contributed by atoms with E-state index in [1.165, 1.54) is 12.1 Å². The molecule has 2 aromatic rings. The summed E-state index contributed by atoms with van der Waals surface area (Å²) in [6.45, 7) is 3.61. The minimum absolute atomic E-state index is 0.0917. The van der Waals surface area contributed by atoms with Crippen molar-refractivity contribution >= 4 is 17.3 Å². The second kappa shape index (κ2) is 7.93. The summed E-state index contributed by atoms with van der Waals surface area (Å²) in [6.07, 6.45) is 0. The quantitative estimate of drug-likeness (QED) is 0.490. The smallest absolute Gasteiger partial charge is 0.333 e. The Bertz CT molecular complexity index is 825. The summed E-state index contributed by atoms with van der Waals surface area (Å²) in [4.78, 5) is 22.9. The highest BCUT2D eigenvalue weighted by molar-refractivity contribution is 5.81. The maximum absolute atomic E-state index is 12.4. The fraction of sp³-hybridized carbons (Fsp3) is 0.222. The minimum atomic E-state index is -0.897. The number of ether oxygens (including phenoxy) is 1. The Morgan fingerprint density at radius 3 is 2.56 bits per heavy atom. The third-order valence-corrected chi connectivity index (χ3v) is 3.48. The minimum Gasteiger partial charge on any atom is -0.464 e. The number of esters is 1. The van der Waals surface area contributed by atoms with Gasteiger partial charge in [-0.15, -0.1) is 0 Å². The van der Waals surface area contributed by atoms with E-state index in [2.05, 4.69) is 5.32 Å². The zero-order chi connectivity index (χ0) is 18.4. The van der Waals surface area contributed by atoms with Gasteiger partial charge in [-0.1, -0.05) is 6.07 Å². The highest BCUT2D eigenvalue weighted by Gasteiger charge is 2.24. The lowest BCUT2D eigenvalue weighted by molar-refractivity contribution is -0.385. The molecule has 0 spiro atoms. The van der Waals surface area contributed by atoms with Gasteiger partial charge in [0.1, 0.15) is 0 Å². The predicted octanol–water partition coefficient (Wildman–Crippen LogP) is 3.49. The van der Waals surface area contributed by atoms with Crippen LogP contribution in [0.3, 0.4) is 0 Å². The molecule has 128 valence electrons. The Morgan fingerprint density at radius 1 is 1.32 bits per heavy atom. The number of non-ortho nitro benzene ring substituents is 1. The molecule has 0 bridgehead atoms. The van der Waals surface area contributed by atoms with Crippen LogP contribution in [0.1, 0.15) is 29.7 Å². The van der Waals surface area contributed by atoms with Gasteiger partial charge in [-0.25, -0.2) is 4.79 Å². The molecule has 0 radical (unpaired) electrons. The van der Waals surface area contributed by atoms with Crippen molar-refractivity contribution in [3.8, 4) is 6.07 Å². The van der Waals surface area contributed by atoms with E-state index in [0.29, 0.717) is 22.4 Å². The summed E-state index contributed by atoms with van der Waals surface area (Å²) in [5.74, 6) is -0.535. The van der Waals surface area contributed by atoms with E-state index in [1.807, 2.05) is 6.07 Å². The number of carbonyl (C=O) groups is 1. The second-order valence-electron chi connectivity index (χ2n) is 5.38. The molecule has 0 saturated carbocycles. The van der Waals surface area contributed by atoms with Crippen LogP contribution in [-0.2, 0) is 9.53 Å². The van der Waals surface area contributed by atoms with E-state index in [9.17, 15) is 14.9 Å². The predicted molar refractivity (Wildman–Crippen MR) is 92.0 cm³/mol. The Morgan fingerprint density at radius 2 is 2.00 bits per heavy atom. The van der Waals surface area contributed by atoms with Crippen LogP contribution in [0.2, 0.25) is 0 Å². The van der Waals surface area contributed by atoms with E-state index in [-0.39, 0.29) is 12.3 Å². The van der Waals surface area contributed by atoms with Crippen LogP contribution in [0.4, 0.5) is 11.4 Å². The number of aryl methyl sites for hydroxylation is 1. The molecule has 0 aliphatic carbocycles. The van der Waals surface area contributed by atoms with Crippen LogP contribution in [-0.4, -0.2) is 17.5 Å². The first-order chi connectivity index (χ1) is 11.9. The molecule has 0 amide bonds. The maximum atomic E-state index is 12.4. The number of rotatable bonds is 6. The number of hydrogen-bond donors (Lipinski definition) is 1. The average Bonchev–Trinajstić information content (AvgIpc) is 2.59. The van der Waals surface area contributed by atoms with Crippen LogP contribution >= 0.6 is 0 Å². The van der Waals surface area contributed by atoms with Gasteiger partial charge in [0.25, 0.3) is 5.69 Å². The third kappa shape index (κ3) is 4.54. The molecule has 0 fully saturated rings. The number of benzene rings is 2.